The number of amides is 1. The third-order valence-corrected chi connectivity index (χ3v) is 8.63. The highest BCUT2D eigenvalue weighted by atomic mass is 32.2. The van der Waals surface area contributed by atoms with Gasteiger partial charge in [-0.1, -0.05) is 17.8 Å². The van der Waals surface area contributed by atoms with Crippen molar-refractivity contribution in [3.8, 4) is 17.3 Å². The lowest BCUT2D eigenvalue weighted by atomic mass is 10.1. The summed E-state index contributed by atoms with van der Waals surface area (Å²) in [4.78, 5) is 21.2. The molecule has 14 heteroatoms. The summed E-state index contributed by atoms with van der Waals surface area (Å²) >= 11 is 2.72. The summed E-state index contributed by atoms with van der Waals surface area (Å²) in [6.45, 7) is 1.56. The number of aromatic nitrogens is 4. The molecule has 1 aliphatic rings. The Labute approximate surface area is 245 Å². The molecule has 0 saturated carbocycles. The van der Waals surface area contributed by atoms with Crippen molar-refractivity contribution < 1.29 is 26.8 Å². The number of halogens is 4. The van der Waals surface area contributed by atoms with E-state index in [1.54, 1.807) is 45.2 Å². The Bertz CT molecular complexity index is 1680. The smallest absolute Gasteiger partial charge is 0.416 e. The fourth-order valence-corrected chi connectivity index (χ4v) is 6.30. The lowest BCUT2D eigenvalue weighted by Crippen LogP contribution is -2.49. The molecule has 0 radical (unpaired) electrons. The zero-order valence-electron chi connectivity index (χ0n) is 21.8. The zero-order chi connectivity index (χ0) is 29.3. The second-order valence-electron chi connectivity index (χ2n) is 9.34. The van der Waals surface area contributed by atoms with Gasteiger partial charge in [0.2, 0.25) is 5.82 Å². The zero-order valence-corrected chi connectivity index (χ0v) is 23.4. The van der Waals surface area contributed by atoms with Crippen LogP contribution in [-0.2, 0) is 11.9 Å². The highest BCUT2D eigenvalue weighted by Crippen LogP contribution is 2.33. The first-order valence-electron chi connectivity index (χ1n) is 12.8. The number of carbonyl (C=O) groups is 1. The standard InChI is InChI=1S/C28H22F4N6O2S2/c29-19-6-8-20(9-7-19)38-25(23-5-2-14-40-23)34-35-27(38)42-17-24-33-22(16-41-24)26(39)37-12-10-36(11-13-37)21-4-1-3-18(15-21)28(30,31)32/h1-9,14-16H,10-13,17H2. The second-order valence-corrected chi connectivity index (χ2v) is 11.2. The highest BCUT2D eigenvalue weighted by molar-refractivity contribution is 7.98. The van der Waals surface area contributed by atoms with Gasteiger partial charge in [-0.15, -0.1) is 21.5 Å². The van der Waals surface area contributed by atoms with Crippen molar-refractivity contribution in [1.82, 2.24) is 24.6 Å². The second kappa shape index (κ2) is 11.6. The van der Waals surface area contributed by atoms with E-state index in [1.165, 1.54) is 47.6 Å². The number of anilines is 1. The van der Waals surface area contributed by atoms with Crippen molar-refractivity contribution in [2.75, 3.05) is 31.1 Å². The minimum absolute atomic E-state index is 0.222. The molecule has 0 unspecified atom stereocenters. The van der Waals surface area contributed by atoms with Crippen LogP contribution in [-0.4, -0.2) is 56.7 Å². The van der Waals surface area contributed by atoms with Crippen LogP contribution in [0.5, 0.6) is 0 Å². The quantitative estimate of drug-likeness (QED) is 0.155. The molecule has 1 aliphatic heterocycles. The third-order valence-electron chi connectivity index (χ3n) is 6.66. The number of alkyl halides is 3. The Kier molecular flexibility index (Phi) is 7.73. The molecule has 1 saturated heterocycles. The maximum Gasteiger partial charge on any atom is 0.416 e. The number of hydrogen-bond acceptors (Lipinski definition) is 8. The molecule has 1 amide bonds. The highest BCUT2D eigenvalue weighted by Gasteiger charge is 2.31. The van der Waals surface area contributed by atoms with Crippen LogP contribution in [0.1, 0.15) is 21.1 Å². The summed E-state index contributed by atoms with van der Waals surface area (Å²) in [7, 11) is 0. The van der Waals surface area contributed by atoms with E-state index in [-0.39, 0.29) is 11.7 Å². The van der Waals surface area contributed by atoms with E-state index in [2.05, 4.69) is 15.2 Å². The van der Waals surface area contributed by atoms with Gasteiger partial charge < -0.3 is 14.2 Å². The Hall–Kier alpha value is -4.17. The van der Waals surface area contributed by atoms with E-state index in [4.69, 9.17) is 4.42 Å². The van der Waals surface area contributed by atoms with Crippen LogP contribution in [0.3, 0.4) is 0 Å². The van der Waals surface area contributed by atoms with Gasteiger partial charge in [0, 0.05) is 37.2 Å². The van der Waals surface area contributed by atoms with Crippen LogP contribution in [0.4, 0.5) is 23.2 Å². The number of carbonyl (C=O) groups excluding carboxylic acids is 1. The predicted octanol–water partition coefficient (Wildman–Crippen LogP) is 6.40. The molecule has 8 nitrogen and oxygen atoms in total. The van der Waals surface area contributed by atoms with Gasteiger partial charge in [-0.3, -0.25) is 9.36 Å². The third kappa shape index (κ3) is 5.90. The minimum Gasteiger partial charge on any atom is -0.461 e. The molecule has 5 aromatic rings. The number of thioether (sulfide) groups is 1. The number of benzene rings is 2. The largest absolute Gasteiger partial charge is 0.461 e. The summed E-state index contributed by atoms with van der Waals surface area (Å²) in [6.07, 6.45) is -2.88. The average molecular weight is 615 g/mol. The first kappa shape index (κ1) is 28.0. The van der Waals surface area contributed by atoms with Crippen molar-refractivity contribution >= 4 is 34.7 Å². The van der Waals surface area contributed by atoms with Gasteiger partial charge in [0.25, 0.3) is 5.91 Å². The van der Waals surface area contributed by atoms with Crippen molar-refractivity contribution in [3.05, 3.63) is 94.4 Å². The molecule has 0 N–H and O–H groups in total. The van der Waals surface area contributed by atoms with E-state index in [9.17, 15) is 22.4 Å². The van der Waals surface area contributed by atoms with E-state index in [0.29, 0.717) is 70.7 Å². The lowest BCUT2D eigenvalue weighted by Gasteiger charge is -2.36. The molecule has 42 heavy (non-hydrogen) atoms. The Morgan fingerprint density at radius 3 is 2.48 bits per heavy atom. The van der Waals surface area contributed by atoms with E-state index in [1.807, 2.05) is 4.90 Å². The summed E-state index contributed by atoms with van der Waals surface area (Å²) < 4.78 is 60.2. The van der Waals surface area contributed by atoms with Crippen LogP contribution in [0.2, 0.25) is 0 Å². The topological polar surface area (TPSA) is 80.3 Å². The Morgan fingerprint density at radius 2 is 1.76 bits per heavy atom. The van der Waals surface area contributed by atoms with Gasteiger partial charge in [0.15, 0.2) is 10.9 Å². The van der Waals surface area contributed by atoms with Crippen molar-refractivity contribution in [3.63, 3.8) is 0 Å². The van der Waals surface area contributed by atoms with Gasteiger partial charge >= 0.3 is 6.18 Å². The number of furan rings is 1. The first-order valence-corrected chi connectivity index (χ1v) is 14.7. The summed E-state index contributed by atoms with van der Waals surface area (Å²) in [5.41, 5.74) is 0.766. The first-order chi connectivity index (χ1) is 20.3. The molecule has 0 spiro atoms. The van der Waals surface area contributed by atoms with Crippen molar-refractivity contribution in [2.24, 2.45) is 0 Å². The molecule has 0 aliphatic carbocycles. The minimum atomic E-state index is -4.41. The van der Waals surface area contributed by atoms with Crippen LogP contribution < -0.4 is 4.90 Å². The Balaban J connectivity index is 1.11. The number of thiazole rings is 1. The van der Waals surface area contributed by atoms with Gasteiger partial charge in [-0.25, -0.2) is 9.37 Å². The number of nitrogens with zero attached hydrogens (tertiary/aromatic N) is 6. The van der Waals surface area contributed by atoms with Crippen LogP contribution >= 0.6 is 23.1 Å². The number of piperazine rings is 1. The van der Waals surface area contributed by atoms with Crippen LogP contribution in [0, 0.1) is 5.82 Å². The van der Waals surface area contributed by atoms with E-state index in [0.717, 1.165) is 12.1 Å². The molecule has 1 fully saturated rings. The summed E-state index contributed by atoms with van der Waals surface area (Å²) in [5, 5.41) is 11.5. The fraction of sp³-hybridized carbons (Fsp3) is 0.214. The maximum absolute atomic E-state index is 13.6. The average Bonchev–Trinajstić information content (AvgIpc) is 3.77. The molecule has 216 valence electrons. The molecular weight excluding hydrogens is 592 g/mol. The predicted molar refractivity (Wildman–Crippen MR) is 150 cm³/mol. The molecule has 3 aromatic heterocycles. The normalized spacial score (nSPS) is 14.0. The molecule has 4 heterocycles. The monoisotopic (exact) mass is 614 g/mol. The van der Waals surface area contributed by atoms with Crippen LogP contribution in [0.25, 0.3) is 17.3 Å². The van der Waals surface area contributed by atoms with Gasteiger partial charge in [-0.05, 0) is 54.6 Å². The molecule has 0 bridgehead atoms. The number of hydrogen-bond donors (Lipinski definition) is 0. The van der Waals surface area contributed by atoms with Crippen molar-refractivity contribution in [2.45, 2.75) is 17.1 Å². The SMILES string of the molecule is O=C(c1csc(CSc2nnc(-c3ccco3)n2-c2ccc(F)cc2)n1)N1CCN(c2cccc(C(F)(F)F)c2)CC1. The molecule has 0 atom stereocenters. The molecular formula is C28H22F4N6O2S2. The van der Waals surface area contributed by atoms with E-state index >= 15 is 0 Å². The van der Waals surface area contributed by atoms with Gasteiger partial charge in [-0.2, -0.15) is 13.2 Å². The lowest BCUT2D eigenvalue weighted by molar-refractivity contribution is -0.137. The van der Waals surface area contributed by atoms with Gasteiger partial charge in [0.1, 0.15) is 16.5 Å². The van der Waals surface area contributed by atoms with E-state index < -0.39 is 11.7 Å². The Morgan fingerprint density at radius 1 is 0.976 bits per heavy atom. The van der Waals surface area contributed by atoms with Gasteiger partial charge in [0.05, 0.1) is 23.3 Å². The molecule has 2 aromatic carbocycles. The maximum atomic E-state index is 13.6. The summed E-state index contributed by atoms with van der Waals surface area (Å²) in [6, 6.07) is 14.7. The number of rotatable bonds is 7. The fourth-order valence-electron chi connectivity index (χ4n) is 4.56. The van der Waals surface area contributed by atoms with Crippen LogP contribution in [0.15, 0.2) is 81.9 Å². The van der Waals surface area contributed by atoms with Crippen molar-refractivity contribution in [1.29, 1.82) is 0 Å². The molecule has 6 rings (SSSR count). The summed E-state index contributed by atoms with van der Waals surface area (Å²) in [5.74, 6) is 0.805.